The van der Waals surface area contributed by atoms with E-state index in [2.05, 4.69) is 10.1 Å². The average Bonchev–Trinajstić information content (AvgIpc) is 3.03. The zero-order valence-corrected chi connectivity index (χ0v) is 12.2. The highest BCUT2D eigenvalue weighted by molar-refractivity contribution is 6.32. The fourth-order valence-electron chi connectivity index (χ4n) is 2.84. The Bertz CT molecular complexity index is 618. The molecule has 3 nitrogen and oxygen atoms in total. The quantitative estimate of drug-likeness (QED) is 0.793. The lowest BCUT2D eigenvalue weighted by atomic mass is 10.1. The van der Waals surface area contributed by atoms with E-state index in [1.54, 1.807) is 12.3 Å². The van der Waals surface area contributed by atoms with Gasteiger partial charge in [0.25, 0.3) is 0 Å². The van der Waals surface area contributed by atoms with Crippen LogP contribution in [0.15, 0.2) is 18.3 Å². The molecule has 1 aliphatic rings. The molecule has 0 radical (unpaired) electrons. The molecule has 0 atom stereocenters. The van der Waals surface area contributed by atoms with Crippen molar-refractivity contribution in [1.82, 2.24) is 14.8 Å². The van der Waals surface area contributed by atoms with Gasteiger partial charge in [-0.25, -0.2) is 9.67 Å². The zero-order chi connectivity index (χ0) is 14.1. The van der Waals surface area contributed by atoms with E-state index in [9.17, 15) is 4.39 Å². The van der Waals surface area contributed by atoms with Gasteiger partial charge in [0.05, 0.1) is 11.8 Å². The van der Waals surface area contributed by atoms with Gasteiger partial charge in [-0.15, -0.1) is 0 Å². The summed E-state index contributed by atoms with van der Waals surface area (Å²) >= 11 is 6.10. The minimum absolute atomic E-state index is 0.315. The lowest BCUT2D eigenvalue weighted by Gasteiger charge is -2.09. The van der Waals surface area contributed by atoms with Crippen LogP contribution in [0, 0.1) is 18.8 Å². The molecule has 5 heteroatoms. The van der Waals surface area contributed by atoms with Crippen molar-refractivity contribution in [2.45, 2.75) is 39.2 Å². The maximum absolute atomic E-state index is 14.5. The summed E-state index contributed by atoms with van der Waals surface area (Å²) in [5.41, 5.74) is 1.85. The monoisotopic (exact) mass is 293 g/mol. The number of pyridine rings is 1. The number of aromatic nitrogens is 3. The Labute approximate surface area is 122 Å². The second kappa shape index (κ2) is 5.52. The normalized spacial score (nSPS) is 15.9. The summed E-state index contributed by atoms with van der Waals surface area (Å²) in [7, 11) is 0. The highest BCUT2D eigenvalue weighted by Gasteiger charge is 2.20. The van der Waals surface area contributed by atoms with Gasteiger partial charge in [-0.3, -0.25) is 0 Å². The fraction of sp³-hybridized carbons (Fsp3) is 0.467. The Morgan fingerprint density at radius 1 is 1.30 bits per heavy atom. The molecule has 0 unspecified atom stereocenters. The van der Waals surface area contributed by atoms with E-state index in [-0.39, 0.29) is 5.95 Å². The van der Waals surface area contributed by atoms with Crippen LogP contribution in [0.2, 0.25) is 5.15 Å². The molecule has 1 fully saturated rings. The molecule has 2 aromatic heterocycles. The van der Waals surface area contributed by atoms with Crippen molar-refractivity contribution < 1.29 is 4.39 Å². The number of hydrogen-bond acceptors (Lipinski definition) is 2. The summed E-state index contributed by atoms with van der Waals surface area (Å²) in [6.07, 6.45) is 6.37. The molecule has 1 aliphatic carbocycles. The lowest BCUT2D eigenvalue weighted by Crippen LogP contribution is -2.10. The van der Waals surface area contributed by atoms with Crippen molar-refractivity contribution in [2.24, 2.45) is 5.92 Å². The summed E-state index contributed by atoms with van der Waals surface area (Å²) in [6, 6.07) is 3.62. The largest absolute Gasteiger partial charge is 0.241 e. The van der Waals surface area contributed by atoms with Crippen molar-refractivity contribution in [2.75, 3.05) is 0 Å². The highest BCUT2D eigenvalue weighted by Crippen LogP contribution is 2.30. The summed E-state index contributed by atoms with van der Waals surface area (Å²) in [6.45, 7) is 2.51. The maximum atomic E-state index is 14.5. The Balaban J connectivity index is 1.89. The summed E-state index contributed by atoms with van der Waals surface area (Å²) in [5.74, 6) is 0.230. The minimum atomic E-state index is -0.315. The predicted molar refractivity (Wildman–Crippen MR) is 77.1 cm³/mol. The molecule has 106 valence electrons. The SMILES string of the molecule is Cc1ccc(-c2cnn(CC3CCCC3)c2F)c(Cl)n1. The van der Waals surface area contributed by atoms with Gasteiger partial charge in [0, 0.05) is 17.8 Å². The molecule has 0 spiro atoms. The summed E-state index contributed by atoms with van der Waals surface area (Å²) in [5, 5.41) is 4.50. The van der Waals surface area contributed by atoms with Gasteiger partial charge in [-0.05, 0) is 37.8 Å². The van der Waals surface area contributed by atoms with Gasteiger partial charge in [0.15, 0.2) is 0 Å². The predicted octanol–water partition coefficient (Wildman–Crippen LogP) is 4.24. The molecule has 2 aromatic rings. The molecule has 0 saturated heterocycles. The van der Waals surface area contributed by atoms with Crippen LogP contribution in [-0.2, 0) is 6.54 Å². The third kappa shape index (κ3) is 2.57. The first-order valence-corrected chi connectivity index (χ1v) is 7.38. The first kappa shape index (κ1) is 13.6. The second-order valence-corrected chi connectivity index (χ2v) is 5.83. The van der Waals surface area contributed by atoms with Gasteiger partial charge in [-0.2, -0.15) is 9.49 Å². The molecule has 0 bridgehead atoms. The molecule has 2 heterocycles. The smallest absolute Gasteiger partial charge is 0.219 e. The Kier molecular flexibility index (Phi) is 3.74. The molecule has 0 amide bonds. The molecule has 1 saturated carbocycles. The van der Waals surface area contributed by atoms with Crippen LogP contribution >= 0.6 is 11.6 Å². The van der Waals surface area contributed by atoms with Crippen molar-refractivity contribution in [3.8, 4) is 11.1 Å². The van der Waals surface area contributed by atoms with E-state index in [0.717, 1.165) is 5.69 Å². The molecule has 0 N–H and O–H groups in total. The number of nitrogens with zero attached hydrogens (tertiary/aromatic N) is 3. The Morgan fingerprint density at radius 2 is 2.05 bits per heavy atom. The van der Waals surface area contributed by atoms with Crippen molar-refractivity contribution in [1.29, 1.82) is 0 Å². The number of rotatable bonds is 3. The average molecular weight is 294 g/mol. The molecule has 0 aromatic carbocycles. The van der Waals surface area contributed by atoms with E-state index in [1.165, 1.54) is 30.4 Å². The molecular weight excluding hydrogens is 277 g/mol. The van der Waals surface area contributed by atoms with Crippen LogP contribution in [-0.4, -0.2) is 14.8 Å². The van der Waals surface area contributed by atoms with Gasteiger partial charge < -0.3 is 0 Å². The summed E-state index contributed by atoms with van der Waals surface area (Å²) < 4.78 is 15.9. The first-order chi connectivity index (χ1) is 9.65. The zero-order valence-electron chi connectivity index (χ0n) is 11.4. The van der Waals surface area contributed by atoms with Gasteiger partial charge in [-0.1, -0.05) is 24.4 Å². The lowest BCUT2D eigenvalue weighted by molar-refractivity contribution is 0.374. The van der Waals surface area contributed by atoms with Crippen LogP contribution in [0.4, 0.5) is 4.39 Å². The first-order valence-electron chi connectivity index (χ1n) is 7.00. The fourth-order valence-corrected chi connectivity index (χ4v) is 3.14. The highest BCUT2D eigenvalue weighted by atomic mass is 35.5. The van der Waals surface area contributed by atoms with Gasteiger partial charge >= 0.3 is 0 Å². The molecule has 3 rings (SSSR count). The van der Waals surface area contributed by atoms with Gasteiger partial charge in [0.2, 0.25) is 5.95 Å². The molecule has 20 heavy (non-hydrogen) atoms. The number of hydrogen-bond donors (Lipinski definition) is 0. The standard InChI is InChI=1S/C15H17ClFN3/c1-10-6-7-12(14(16)19-10)13-8-18-20(15(13)17)9-11-4-2-3-5-11/h6-8,11H,2-5,9H2,1H3. The van der Waals surface area contributed by atoms with E-state index in [0.29, 0.717) is 28.7 Å². The molecule has 0 aliphatic heterocycles. The van der Waals surface area contributed by atoms with Crippen LogP contribution in [0.25, 0.3) is 11.1 Å². The van der Waals surface area contributed by atoms with Crippen LogP contribution in [0.1, 0.15) is 31.4 Å². The molecular formula is C15H17ClFN3. The summed E-state index contributed by atoms with van der Waals surface area (Å²) in [4.78, 5) is 4.17. The van der Waals surface area contributed by atoms with E-state index >= 15 is 0 Å². The van der Waals surface area contributed by atoms with Crippen molar-refractivity contribution in [3.63, 3.8) is 0 Å². The van der Waals surface area contributed by atoms with E-state index in [4.69, 9.17) is 11.6 Å². The number of aryl methyl sites for hydroxylation is 1. The number of halogens is 2. The minimum Gasteiger partial charge on any atom is -0.241 e. The Morgan fingerprint density at radius 3 is 2.75 bits per heavy atom. The third-order valence-electron chi connectivity index (χ3n) is 3.96. The third-order valence-corrected chi connectivity index (χ3v) is 4.25. The van der Waals surface area contributed by atoms with Crippen LogP contribution in [0.3, 0.4) is 0 Å². The van der Waals surface area contributed by atoms with Crippen molar-refractivity contribution in [3.05, 3.63) is 35.1 Å². The van der Waals surface area contributed by atoms with Crippen molar-refractivity contribution >= 4 is 11.6 Å². The van der Waals surface area contributed by atoms with E-state index in [1.807, 2.05) is 13.0 Å². The Hall–Kier alpha value is -1.42. The van der Waals surface area contributed by atoms with E-state index < -0.39 is 0 Å². The second-order valence-electron chi connectivity index (χ2n) is 5.47. The topological polar surface area (TPSA) is 30.7 Å². The maximum Gasteiger partial charge on any atom is 0.219 e. The van der Waals surface area contributed by atoms with Crippen LogP contribution in [0.5, 0.6) is 0 Å². The van der Waals surface area contributed by atoms with Gasteiger partial charge in [0.1, 0.15) is 5.15 Å². The van der Waals surface area contributed by atoms with Crippen LogP contribution < -0.4 is 0 Å².